The number of nitrogens with zero attached hydrogens (tertiary/aromatic N) is 2. The second-order valence-electron chi connectivity index (χ2n) is 4.65. The third-order valence-corrected chi connectivity index (χ3v) is 2.54. The molecule has 0 bridgehead atoms. The van der Waals surface area contributed by atoms with Crippen molar-refractivity contribution in [2.75, 3.05) is 5.32 Å². The molecule has 2 N–H and O–H groups in total. The zero-order valence-corrected chi connectivity index (χ0v) is 11.1. The molecule has 100 valence electrons. The molecular weight excluding hydrogens is 240 g/mol. The van der Waals surface area contributed by atoms with Gasteiger partial charge in [-0.25, -0.2) is 4.79 Å². The van der Waals surface area contributed by atoms with E-state index in [-0.39, 0.29) is 12.1 Å². The average molecular weight is 258 g/mol. The quantitative estimate of drug-likeness (QED) is 0.885. The number of benzene rings is 1. The molecule has 1 aromatic heterocycles. The highest BCUT2D eigenvalue weighted by atomic mass is 16.2. The van der Waals surface area contributed by atoms with E-state index in [1.54, 1.807) is 6.20 Å². The molecule has 0 atom stereocenters. The van der Waals surface area contributed by atoms with Gasteiger partial charge in [0.25, 0.3) is 0 Å². The van der Waals surface area contributed by atoms with Crippen molar-refractivity contribution in [3.8, 4) is 0 Å². The molecule has 0 radical (unpaired) electrons. The normalized spacial score (nSPS) is 10.5. The summed E-state index contributed by atoms with van der Waals surface area (Å²) < 4.78 is 1.86. The highest BCUT2D eigenvalue weighted by molar-refractivity contribution is 5.89. The monoisotopic (exact) mass is 258 g/mol. The third kappa shape index (κ3) is 4.13. The minimum absolute atomic E-state index is 0.124. The summed E-state index contributed by atoms with van der Waals surface area (Å²) in [5.41, 5.74) is 1.92. The van der Waals surface area contributed by atoms with Gasteiger partial charge in [-0.15, -0.1) is 0 Å². The Kier molecular flexibility index (Phi) is 4.18. The van der Waals surface area contributed by atoms with E-state index in [0.29, 0.717) is 0 Å². The molecule has 2 aromatic rings. The Balaban J connectivity index is 1.93. The van der Waals surface area contributed by atoms with E-state index < -0.39 is 0 Å². The lowest BCUT2D eigenvalue weighted by atomic mass is 10.2. The van der Waals surface area contributed by atoms with Gasteiger partial charge in [0.05, 0.1) is 6.54 Å². The van der Waals surface area contributed by atoms with Crippen LogP contribution >= 0.6 is 0 Å². The van der Waals surface area contributed by atoms with Gasteiger partial charge in [-0.3, -0.25) is 4.68 Å². The van der Waals surface area contributed by atoms with Gasteiger partial charge in [0.1, 0.15) is 0 Å². The van der Waals surface area contributed by atoms with E-state index in [1.165, 1.54) is 0 Å². The van der Waals surface area contributed by atoms with Crippen molar-refractivity contribution in [2.45, 2.75) is 26.4 Å². The number of hydrogen-bond donors (Lipinski definition) is 2. The van der Waals surface area contributed by atoms with Gasteiger partial charge < -0.3 is 10.6 Å². The lowest BCUT2D eigenvalue weighted by molar-refractivity contribution is 0.250. The van der Waals surface area contributed by atoms with Gasteiger partial charge in [0, 0.05) is 24.1 Å². The van der Waals surface area contributed by atoms with Gasteiger partial charge in [-0.2, -0.15) is 5.10 Å². The Labute approximate surface area is 112 Å². The molecule has 2 amide bonds. The molecule has 0 aliphatic rings. The van der Waals surface area contributed by atoms with E-state index in [9.17, 15) is 4.79 Å². The summed E-state index contributed by atoms with van der Waals surface area (Å²) >= 11 is 0. The summed E-state index contributed by atoms with van der Waals surface area (Å²) in [5, 5.41) is 9.72. The Hall–Kier alpha value is -2.30. The van der Waals surface area contributed by atoms with Gasteiger partial charge in [-0.05, 0) is 37.6 Å². The topological polar surface area (TPSA) is 59.0 Å². The lowest BCUT2D eigenvalue weighted by Crippen LogP contribution is -2.34. The molecule has 19 heavy (non-hydrogen) atoms. The largest absolute Gasteiger partial charge is 0.336 e. The molecule has 1 aromatic carbocycles. The molecule has 5 heteroatoms. The van der Waals surface area contributed by atoms with Gasteiger partial charge in [0.2, 0.25) is 0 Å². The fourth-order valence-electron chi connectivity index (χ4n) is 1.70. The van der Waals surface area contributed by atoms with Crippen LogP contribution in [0.15, 0.2) is 42.7 Å². The fourth-order valence-corrected chi connectivity index (χ4v) is 1.70. The molecule has 0 saturated heterocycles. The standard InChI is InChI=1S/C14H18N4O/c1-11(2)16-14(19)17-13-6-4-12(5-7-13)10-18-9-3-8-15-18/h3-9,11H,10H2,1-2H3,(H2,16,17,19). The first kappa shape index (κ1) is 13.1. The van der Waals surface area contributed by atoms with Gasteiger partial charge >= 0.3 is 6.03 Å². The molecule has 1 heterocycles. The van der Waals surface area contributed by atoms with Crippen LogP contribution in [0.25, 0.3) is 0 Å². The first-order valence-corrected chi connectivity index (χ1v) is 6.27. The molecule has 0 aliphatic heterocycles. The molecule has 2 rings (SSSR count). The summed E-state index contributed by atoms with van der Waals surface area (Å²) in [6, 6.07) is 9.57. The molecule has 0 saturated carbocycles. The van der Waals surface area contributed by atoms with Crippen LogP contribution in [0.5, 0.6) is 0 Å². The van der Waals surface area contributed by atoms with Crippen molar-refractivity contribution in [2.24, 2.45) is 0 Å². The minimum Gasteiger partial charge on any atom is -0.336 e. The van der Waals surface area contributed by atoms with Crippen LogP contribution < -0.4 is 10.6 Å². The first-order chi connectivity index (χ1) is 9.13. The van der Waals surface area contributed by atoms with Crippen molar-refractivity contribution in [1.82, 2.24) is 15.1 Å². The predicted octanol–water partition coefficient (Wildman–Crippen LogP) is 2.46. The number of anilines is 1. The van der Waals surface area contributed by atoms with Gasteiger partial charge in [-0.1, -0.05) is 12.1 Å². The number of carbonyl (C=O) groups is 1. The summed E-state index contributed by atoms with van der Waals surface area (Å²) in [4.78, 5) is 11.5. The number of aromatic nitrogens is 2. The first-order valence-electron chi connectivity index (χ1n) is 6.27. The van der Waals surface area contributed by atoms with Crippen molar-refractivity contribution < 1.29 is 4.79 Å². The minimum atomic E-state index is -0.185. The van der Waals surface area contributed by atoms with Crippen LogP contribution in [0.1, 0.15) is 19.4 Å². The predicted molar refractivity (Wildman–Crippen MR) is 75.1 cm³/mol. The highest BCUT2D eigenvalue weighted by Gasteiger charge is 2.03. The number of nitrogens with one attached hydrogen (secondary N) is 2. The second-order valence-corrected chi connectivity index (χ2v) is 4.65. The Morgan fingerprint density at radius 3 is 2.63 bits per heavy atom. The maximum atomic E-state index is 11.5. The van der Waals surface area contributed by atoms with Crippen molar-refractivity contribution in [1.29, 1.82) is 0 Å². The SMILES string of the molecule is CC(C)NC(=O)Nc1ccc(Cn2cccn2)cc1. The van der Waals surface area contributed by atoms with Crippen LogP contribution in [0, 0.1) is 0 Å². The van der Waals surface area contributed by atoms with E-state index in [4.69, 9.17) is 0 Å². The maximum absolute atomic E-state index is 11.5. The van der Waals surface area contributed by atoms with Crippen molar-refractivity contribution in [3.05, 3.63) is 48.3 Å². The number of hydrogen-bond acceptors (Lipinski definition) is 2. The Morgan fingerprint density at radius 1 is 1.32 bits per heavy atom. The lowest BCUT2D eigenvalue weighted by Gasteiger charge is -2.10. The number of amides is 2. The van der Waals surface area contributed by atoms with Crippen LogP contribution in [-0.4, -0.2) is 21.9 Å². The summed E-state index contributed by atoms with van der Waals surface area (Å²) in [7, 11) is 0. The van der Waals surface area contributed by atoms with E-state index in [0.717, 1.165) is 17.8 Å². The van der Waals surface area contributed by atoms with E-state index >= 15 is 0 Å². The van der Waals surface area contributed by atoms with Gasteiger partial charge in [0.15, 0.2) is 0 Å². The second kappa shape index (κ2) is 6.04. The van der Waals surface area contributed by atoms with E-state index in [1.807, 2.05) is 55.1 Å². The number of rotatable bonds is 4. The summed E-state index contributed by atoms with van der Waals surface area (Å²) in [6.45, 7) is 4.57. The summed E-state index contributed by atoms with van der Waals surface area (Å²) in [6.07, 6.45) is 3.68. The van der Waals surface area contributed by atoms with E-state index in [2.05, 4.69) is 15.7 Å². The van der Waals surface area contributed by atoms with Crippen LogP contribution in [0.3, 0.4) is 0 Å². The smallest absolute Gasteiger partial charge is 0.319 e. The van der Waals surface area contributed by atoms with Crippen LogP contribution in [0.4, 0.5) is 10.5 Å². The zero-order valence-electron chi connectivity index (χ0n) is 11.1. The Morgan fingerprint density at radius 2 is 2.05 bits per heavy atom. The highest BCUT2D eigenvalue weighted by Crippen LogP contribution is 2.10. The zero-order chi connectivity index (χ0) is 13.7. The third-order valence-electron chi connectivity index (χ3n) is 2.54. The molecular formula is C14H18N4O. The van der Waals surface area contributed by atoms with Crippen LogP contribution in [0.2, 0.25) is 0 Å². The van der Waals surface area contributed by atoms with Crippen molar-refractivity contribution in [3.63, 3.8) is 0 Å². The fraction of sp³-hybridized carbons (Fsp3) is 0.286. The molecule has 0 unspecified atom stereocenters. The molecule has 0 aliphatic carbocycles. The Bertz CT molecular complexity index is 517. The number of carbonyl (C=O) groups excluding carboxylic acids is 1. The van der Waals surface area contributed by atoms with Crippen molar-refractivity contribution >= 4 is 11.7 Å². The van der Waals surface area contributed by atoms with Crippen LogP contribution in [-0.2, 0) is 6.54 Å². The molecule has 5 nitrogen and oxygen atoms in total. The summed E-state index contributed by atoms with van der Waals surface area (Å²) in [5.74, 6) is 0. The maximum Gasteiger partial charge on any atom is 0.319 e. The molecule has 0 fully saturated rings. The molecule has 0 spiro atoms. The average Bonchev–Trinajstić information content (AvgIpc) is 2.83. The number of urea groups is 1.